The van der Waals surface area contributed by atoms with Crippen LogP contribution in [0.2, 0.25) is 0 Å². The molecule has 0 aliphatic carbocycles. The lowest BCUT2D eigenvalue weighted by Gasteiger charge is -2.30. The molecule has 0 spiro atoms. The van der Waals surface area contributed by atoms with Gasteiger partial charge in [0.1, 0.15) is 0 Å². The number of oxime groups is 1. The minimum absolute atomic E-state index is 0.124. The molecule has 0 radical (unpaired) electrons. The van der Waals surface area contributed by atoms with E-state index in [2.05, 4.69) is 15.3 Å². The lowest BCUT2D eigenvalue weighted by atomic mass is 9.72. The number of amides is 1. The SMILES string of the molecule is O=C(O)CO/N=C(\C(=O)N[C@H]1CC[C@@H](CC(=O)O)OB1O)c1cccs1. The molecular formula is C14H17BN2O8S. The van der Waals surface area contributed by atoms with E-state index < -0.39 is 43.6 Å². The zero-order valence-corrected chi connectivity index (χ0v) is 14.3. The van der Waals surface area contributed by atoms with E-state index in [1.165, 1.54) is 11.3 Å². The Kier molecular flexibility index (Phi) is 7.12. The summed E-state index contributed by atoms with van der Waals surface area (Å²) in [6, 6.07) is 3.30. The highest BCUT2D eigenvalue weighted by molar-refractivity contribution is 7.13. The maximum Gasteiger partial charge on any atom is 0.478 e. The summed E-state index contributed by atoms with van der Waals surface area (Å²) in [5.74, 6) is -3.69. The molecule has 1 aromatic rings. The number of carbonyl (C=O) groups excluding carboxylic acids is 1. The van der Waals surface area contributed by atoms with E-state index in [4.69, 9.17) is 14.9 Å². The maximum atomic E-state index is 12.5. The minimum Gasteiger partial charge on any atom is -0.481 e. The predicted molar refractivity (Wildman–Crippen MR) is 90.7 cm³/mol. The van der Waals surface area contributed by atoms with E-state index in [1.54, 1.807) is 17.5 Å². The van der Waals surface area contributed by atoms with Crippen LogP contribution >= 0.6 is 11.3 Å². The molecule has 0 unspecified atom stereocenters. The van der Waals surface area contributed by atoms with E-state index in [0.717, 1.165) is 0 Å². The average Bonchev–Trinajstić information content (AvgIpc) is 3.07. The predicted octanol–water partition coefficient (Wildman–Crippen LogP) is -0.288. The Bertz CT molecular complexity index is 680. The highest BCUT2D eigenvalue weighted by atomic mass is 32.1. The molecule has 10 nitrogen and oxygen atoms in total. The fourth-order valence-corrected chi connectivity index (χ4v) is 3.06. The van der Waals surface area contributed by atoms with Crippen LogP contribution in [0.25, 0.3) is 0 Å². The Morgan fingerprint density at radius 1 is 1.35 bits per heavy atom. The molecule has 0 saturated carbocycles. The summed E-state index contributed by atoms with van der Waals surface area (Å²) >= 11 is 1.21. The molecule has 0 bridgehead atoms. The van der Waals surface area contributed by atoms with Gasteiger partial charge in [0.05, 0.1) is 23.3 Å². The zero-order valence-electron chi connectivity index (χ0n) is 13.5. The summed E-state index contributed by atoms with van der Waals surface area (Å²) in [7, 11) is -1.36. The van der Waals surface area contributed by atoms with Crippen LogP contribution in [-0.2, 0) is 23.9 Å². The number of hydrogen-bond acceptors (Lipinski definition) is 8. The zero-order chi connectivity index (χ0) is 19.1. The van der Waals surface area contributed by atoms with Gasteiger partial charge < -0.3 is 30.0 Å². The van der Waals surface area contributed by atoms with E-state index in [9.17, 15) is 19.4 Å². The Labute approximate surface area is 152 Å². The Balaban J connectivity index is 2.00. The smallest absolute Gasteiger partial charge is 0.478 e. The summed E-state index contributed by atoms with van der Waals surface area (Å²) in [5, 5.41) is 35.2. The first kappa shape index (κ1) is 19.9. The second-order valence-corrected chi connectivity index (χ2v) is 6.44. The third-order valence-electron chi connectivity index (χ3n) is 3.51. The molecule has 2 heterocycles. The van der Waals surface area contributed by atoms with Gasteiger partial charge in [-0.15, -0.1) is 11.3 Å². The van der Waals surface area contributed by atoms with Crippen LogP contribution in [-0.4, -0.2) is 64.6 Å². The molecule has 1 aliphatic rings. The second kappa shape index (κ2) is 9.31. The van der Waals surface area contributed by atoms with Gasteiger partial charge >= 0.3 is 19.1 Å². The van der Waals surface area contributed by atoms with Gasteiger partial charge in [0, 0.05) is 0 Å². The van der Waals surface area contributed by atoms with Crippen molar-refractivity contribution >= 4 is 42.0 Å². The van der Waals surface area contributed by atoms with Gasteiger partial charge in [-0.1, -0.05) is 11.2 Å². The Hall–Kier alpha value is -2.44. The van der Waals surface area contributed by atoms with Crippen LogP contribution < -0.4 is 5.32 Å². The van der Waals surface area contributed by atoms with Gasteiger partial charge in [-0.25, -0.2) is 4.79 Å². The van der Waals surface area contributed by atoms with Crippen molar-refractivity contribution in [3.05, 3.63) is 22.4 Å². The van der Waals surface area contributed by atoms with Crippen molar-refractivity contribution in [2.45, 2.75) is 31.3 Å². The third kappa shape index (κ3) is 5.83. The number of thiophene rings is 1. The molecule has 0 aromatic carbocycles. The quantitative estimate of drug-likeness (QED) is 0.271. The van der Waals surface area contributed by atoms with E-state index in [1.807, 2.05) is 0 Å². The van der Waals surface area contributed by atoms with E-state index in [0.29, 0.717) is 17.7 Å². The minimum atomic E-state index is -1.36. The molecule has 1 amide bonds. The monoisotopic (exact) mass is 384 g/mol. The van der Waals surface area contributed by atoms with Crippen molar-refractivity contribution < 1.29 is 39.1 Å². The number of rotatable bonds is 8. The third-order valence-corrected chi connectivity index (χ3v) is 4.38. The Morgan fingerprint density at radius 2 is 2.12 bits per heavy atom. The number of carbonyl (C=O) groups is 3. The Morgan fingerprint density at radius 3 is 2.69 bits per heavy atom. The summed E-state index contributed by atoms with van der Waals surface area (Å²) < 4.78 is 5.21. The van der Waals surface area contributed by atoms with Crippen molar-refractivity contribution in [1.29, 1.82) is 0 Å². The molecule has 26 heavy (non-hydrogen) atoms. The normalized spacial score (nSPS) is 20.5. The topological polar surface area (TPSA) is 155 Å². The van der Waals surface area contributed by atoms with Gasteiger partial charge in [-0.05, 0) is 24.3 Å². The first-order valence-corrected chi connectivity index (χ1v) is 8.56. The van der Waals surface area contributed by atoms with Crippen LogP contribution in [0.1, 0.15) is 24.1 Å². The maximum absolute atomic E-state index is 12.5. The summed E-state index contributed by atoms with van der Waals surface area (Å²) in [4.78, 5) is 38.8. The number of aliphatic carboxylic acids is 2. The summed E-state index contributed by atoms with van der Waals surface area (Å²) in [5.41, 5.74) is -0.124. The molecule has 140 valence electrons. The molecule has 1 aliphatic heterocycles. The van der Waals surface area contributed by atoms with Gasteiger partial charge in [0.15, 0.2) is 5.71 Å². The molecule has 1 aromatic heterocycles. The fraction of sp³-hybridized carbons (Fsp3) is 0.429. The largest absolute Gasteiger partial charge is 0.481 e. The second-order valence-electron chi connectivity index (χ2n) is 5.49. The van der Waals surface area contributed by atoms with Crippen LogP contribution in [0, 0.1) is 0 Å². The average molecular weight is 384 g/mol. The highest BCUT2D eigenvalue weighted by Crippen LogP contribution is 2.19. The van der Waals surface area contributed by atoms with Gasteiger partial charge in [0.25, 0.3) is 5.91 Å². The summed E-state index contributed by atoms with van der Waals surface area (Å²) in [6.07, 6.45) is -0.184. The van der Waals surface area contributed by atoms with Crippen molar-refractivity contribution in [3.8, 4) is 0 Å². The molecule has 12 heteroatoms. The lowest BCUT2D eigenvalue weighted by Crippen LogP contribution is -2.54. The molecule has 1 fully saturated rings. The van der Waals surface area contributed by atoms with Gasteiger partial charge in [-0.2, -0.15) is 0 Å². The molecule has 4 N–H and O–H groups in total. The van der Waals surface area contributed by atoms with Crippen molar-refractivity contribution in [3.63, 3.8) is 0 Å². The number of hydrogen-bond donors (Lipinski definition) is 4. The molecule has 2 rings (SSSR count). The van der Waals surface area contributed by atoms with Crippen LogP contribution in [0.3, 0.4) is 0 Å². The number of carboxylic acid groups (broad SMARTS) is 2. The summed E-state index contributed by atoms with van der Waals surface area (Å²) in [6.45, 7) is -0.700. The lowest BCUT2D eigenvalue weighted by molar-refractivity contribution is -0.142. The van der Waals surface area contributed by atoms with Gasteiger partial charge in [-0.3, -0.25) is 9.59 Å². The van der Waals surface area contributed by atoms with Crippen LogP contribution in [0.5, 0.6) is 0 Å². The fourth-order valence-electron chi connectivity index (χ4n) is 2.36. The van der Waals surface area contributed by atoms with Crippen LogP contribution in [0.15, 0.2) is 22.7 Å². The van der Waals surface area contributed by atoms with E-state index in [-0.39, 0.29) is 12.1 Å². The first-order chi connectivity index (χ1) is 12.4. The molecule has 2 atom stereocenters. The van der Waals surface area contributed by atoms with Crippen molar-refractivity contribution in [1.82, 2.24) is 5.32 Å². The first-order valence-electron chi connectivity index (χ1n) is 7.68. The number of nitrogens with zero attached hydrogens (tertiary/aromatic N) is 1. The standard InChI is InChI=1S/C14H17BN2O8S/c18-11(19)6-8-3-4-10(15(23)25-8)16-14(22)13(9-2-1-5-26-9)17-24-7-12(20)21/h1-2,5,8,10,23H,3-4,6-7H2,(H,16,22)(H,18,19)(H,20,21)/b17-13-/t8-,10-/m0/s1. The molecule has 1 saturated heterocycles. The van der Waals surface area contributed by atoms with Crippen molar-refractivity contribution in [2.24, 2.45) is 5.16 Å². The van der Waals surface area contributed by atoms with E-state index >= 15 is 0 Å². The highest BCUT2D eigenvalue weighted by Gasteiger charge is 2.37. The number of carboxylic acids is 2. The molecular weight excluding hydrogens is 367 g/mol. The van der Waals surface area contributed by atoms with Crippen LogP contribution in [0.4, 0.5) is 0 Å². The van der Waals surface area contributed by atoms with Crippen molar-refractivity contribution in [2.75, 3.05) is 6.61 Å². The number of nitrogens with one attached hydrogen (secondary N) is 1. The van der Waals surface area contributed by atoms with Gasteiger partial charge in [0.2, 0.25) is 6.61 Å².